The fraction of sp³-hybridized carbons (Fsp3) is 0.0909. The maximum absolute atomic E-state index is 14.0. The highest BCUT2D eigenvalue weighted by atomic mass is 79.9. The molecule has 7 nitrogen and oxygen atoms in total. The number of aromatic nitrogens is 2. The van der Waals surface area contributed by atoms with E-state index in [4.69, 9.17) is 5.11 Å². The van der Waals surface area contributed by atoms with Gasteiger partial charge in [-0.3, -0.25) is 5.10 Å². The SMILES string of the molecule is O=C(O)c1cc(Br)cc(S(=O)(=O)NCc2ccn[nH]2)c1F. The van der Waals surface area contributed by atoms with Crippen LogP contribution < -0.4 is 4.72 Å². The van der Waals surface area contributed by atoms with E-state index in [2.05, 4.69) is 30.8 Å². The number of hydrogen-bond acceptors (Lipinski definition) is 4. The number of halogens is 2. The normalized spacial score (nSPS) is 11.5. The Morgan fingerprint density at radius 2 is 2.19 bits per heavy atom. The molecular weight excluding hydrogens is 369 g/mol. The number of hydrogen-bond donors (Lipinski definition) is 3. The Hall–Kier alpha value is -1.78. The Morgan fingerprint density at radius 1 is 1.48 bits per heavy atom. The molecule has 0 unspecified atom stereocenters. The fourth-order valence-electron chi connectivity index (χ4n) is 1.55. The standard InChI is InChI=1S/C11H9BrFN3O4S/c12-6-3-8(11(17)18)10(13)9(4-6)21(19,20)15-5-7-1-2-14-16-7/h1-4,15H,5H2,(H,14,16)(H,17,18). The number of carboxylic acid groups (broad SMARTS) is 1. The molecule has 0 amide bonds. The Morgan fingerprint density at radius 3 is 2.76 bits per heavy atom. The first-order valence-corrected chi connectivity index (χ1v) is 7.79. The summed E-state index contributed by atoms with van der Waals surface area (Å²) in [4.78, 5) is 10.2. The first kappa shape index (κ1) is 15.6. The van der Waals surface area contributed by atoms with Crippen LogP contribution in [0.4, 0.5) is 4.39 Å². The number of sulfonamides is 1. The molecule has 3 N–H and O–H groups in total. The molecule has 2 aromatic rings. The molecule has 0 bridgehead atoms. The van der Waals surface area contributed by atoms with Gasteiger partial charge >= 0.3 is 5.97 Å². The molecule has 0 spiro atoms. The van der Waals surface area contributed by atoms with Crippen molar-refractivity contribution >= 4 is 31.9 Å². The molecular formula is C11H9BrFN3O4S. The van der Waals surface area contributed by atoms with E-state index in [1.165, 1.54) is 6.20 Å². The zero-order valence-corrected chi connectivity index (χ0v) is 12.7. The molecule has 1 heterocycles. The van der Waals surface area contributed by atoms with E-state index in [1.807, 2.05) is 0 Å². The smallest absolute Gasteiger partial charge is 0.338 e. The van der Waals surface area contributed by atoms with Gasteiger partial charge in [-0.1, -0.05) is 15.9 Å². The maximum atomic E-state index is 14.0. The highest BCUT2D eigenvalue weighted by Gasteiger charge is 2.24. The molecule has 0 saturated heterocycles. The average molecular weight is 378 g/mol. The lowest BCUT2D eigenvalue weighted by Crippen LogP contribution is -2.25. The van der Waals surface area contributed by atoms with Crippen molar-refractivity contribution in [3.63, 3.8) is 0 Å². The van der Waals surface area contributed by atoms with Crippen molar-refractivity contribution in [3.8, 4) is 0 Å². The molecule has 112 valence electrons. The molecule has 0 fully saturated rings. The van der Waals surface area contributed by atoms with E-state index in [9.17, 15) is 17.6 Å². The summed E-state index contributed by atoms with van der Waals surface area (Å²) >= 11 is 2.96. The second-order valence-electron chi connectivity index (χ2n) is 3.98. The van der Waals surface area contributed by atoms with Crippen molar-refractivity contribution in [1.82, 2.24) is 14.9 Å². The Labute approximate surface area is 127 Å². The zero-order chi connectivity index (χ0) is 15.6. The molecule has 0 saturated carbocycles. The first-order chi connectivity index (χ1) is 9.81. The van der Waals surface area contributed by atoms with E-state index in [0.29, 0.717) is 5.69 Å². The average Bonchev–Trinajstić information content (AvgIpc) is 2.91. The van der Waals surface area contributed by atoms with Gasteiger partial charge < -0.3 is 5.11 Å². The van der Waals surface area contributed by atoms with Gasteiger partial charge in [0.15, 0.2) is 5.82 Å². The fourth-order valence-corrected chi connectivity index (χ4v) is 3.29. The van der Waals surface area contributed by atoms with Crippen LogP contribution in [0, 0.1) is 5.82 Å². The predicted octanol–water partition coefficient (Wildman–Crippen LogP) is 1.49. The van der Waals surface area contributed by atoms with Gasteiger partial charge in [0, 0.05) is 10.7 Å². The number of carbonyl (C=O) groups is 1. The molecule has 1 aromatic carbocycles. The van der Waals surface area contributed by atoms with Crippen LogP contribution in [0.25, 0.3) is 0 Å². The number of aromatic carboxylic acids is 1. The summed E-state index contributed by atoms with van der Waals surface area (Å²) in [6.07, 6.45) is 1.44. The Kier molecular flexibility index (Phi) is 4.40. The molecule has 2 rings (SSSR count). The van der Waals surface area contributed by atoms with Gasteiger partial charge in [0.1, 0.15) is 4.90 Å². The van der Waals surface area contributed by atoms with Gasteiger partial charge in [0.05, 0.1) is 17.8 Å². The highest BCUT2D eigenvalue weighted by Crippen LogP contribution is 2.24. The summed E-state index contributed by atoms with van der Waals surface area (Å²) in [5, 5.41) is 15.1. The van der Waals surface area contributed by atoms with Gasteiger partial charge in [-0.2, -0.15) is 5.10 Å². The molecule has 0 aliphatic rings. The van der Waals surface area contributed by atoms with Crippen molar-refractivity contribution in [2.75, 3.05) is 0 Å². The lowest BCUT2D eigenvalue weighted by molar-refractivity contribution is 0.0691. The molecule has 0 radical (unpaired) electrons. The third kappa shape index (κ3) is 3.46. The largest absolute Gasteiger partial charge is 0.478 e. The van der Waals surface area contributed by atoms with Gasteiger partial charge in [0.2, 0.25) is 10.0 Å². The second-order valence-corrected chi connectivity index (χ2v) is 6.63. The summed E-state index contributed by atoms with van der Waals surface area (Å²) in [6, 6.07) is 3.53. The predicted molar refractivity (Wildman–Crippen MR) is 73.7 cm³/mol. The number of nitrogens with one attached hydrogen (secondary N) is 2. The maximum Gasteiger partial charge on any atom is 0.338 e. The third-order valence-corrected chi connectivity index (χ3v) is 4.39. The van der Waals surface area contributed by atoms with E-state index in [0.717, 1.165) is 12.1 Å². The summed E-state index contributed by atoms with van der Waals surface area (Å²) in [7, 11) is -4.21. The van der Waals surface area contributed by atoms with Crippen LogP contribution >= 0.6 is 15.9 Å². The van der Waals surface area contributed by atoms with Crippen molar-refractivity contribution in [2.45, 2.75) is 11.4 Å². The van der Waals surface area contributed by atoms with Crippen LogP contribution in [0.2, 0.25) is 0 Å². The van der Waals surface area contributed by atoms with Crippen LogP contribution in [-0.4, -0.2) is 29.7 Å². The first-order valence-electron chi connectivity index (χ1n) is 5.51. The van der Waals surface area contributed by atoms with Crippen LogP contribution in [0.1, 0.15) is 16.1 Å². The number of aromatic amines is 1. The van der Waals surface area contributed by atoms with E-state index in [1.54, 1.807) is 6.07 Å². The van der Waals surface area contributed by atoms with Gasteiger partial charge in [-0.05, 0) is 18.2 Å². The topological polar surface area (TPSA) is 112 Å². The summed E-state index contributed by atoms with van der Waals surface area (Å²) in [5.74, 6) is -2.87. The summed E-state index contributed by atoms with van der Waals surface area (Å²) in [5.41, 5.74) is -0.251. The Bertz CT molecular complexity index is 777. The minimum atomic E-state index is -4.21. The number of H-pyrrole nitrogens is 1. The van der Waals surface area contributed by atoms with Crippen LogP contribution in [0.15, 0.2) is 33.8 Å². The van der Waals surface area contributed by atoms with E-state index >= 15 is 0 Å². The lowest BCUT2D eigenvalue weighted by atomic mass is 10.2. The molecule has 0 aliphatic carbocycles. The zero-order valence-electron chi connectivity index (χ0n) is 10.3. The highest BCUT2D eigenvalue weighted by molar-refractivity contribution is 9.10. The number of carboxylic acids is 1. The van der Waals surface area contributed by atoms with Gasteiger partial charge in [0.25, 0.3) is 0 Å². The monoisotopic (exact) mass is 377 g/mol. The van der Waals surface area contributed by atoms with Crippen LogP contribution in [-0.2, 0) is 16.6 Å². The van der Waals surface area contributed by atoms with Crippen molar-refractivity contribution in [1.29, 1.82) is 0 Å². The summed E-state index contributed by atoms with van der Waals surface area (Å²) in [6.45, 7) is -0.128. The number of rotatable bonds is 5. The minimum Gasteiger partial charge on any atom is -0.478 e. The van der Waals surface area contributed by atoms with Crippen LogP contribution in [0.3, 0.4) is 0 Å². The van der Waals surface area contributed by atoms with Crippen LogP contribution in [0.5, 0.6) is 0 Å². The Balaban J connectivity index is 2.37. The van der Waals surface area contributed by atoms with Crippen molar-refractivity contribution < 1.29 is 22.7 Å². The molecule has 1 aromatic heterocycles. The third-order valence-electron chi connectivity index (χ3n) is 2.53. The molecule has 0 aliphatic heterocycles. The van der Waals surface area contributed by atoms with Crippen molar-refractivity contribution in [2.24, 2.45) is 0 Å². The second kappa shape index (κ2) is 5.92. The summed E-state index contributed by atoms with van der Waals surface area (Å²) < 4.78 is 40.5. The lowest BCUT2D eigenvalue weighted by Gasteiger charge is -2.09. The minimum absolute atomic E-state index is 0.128. The van der Waals surface area contributed by atoms with Gasteiger partial charge in [-0.15, -0.1) is 0 Å². The van der Waals surface area contributed by atoms with Gasteiger partial charge in [-0.25, -0.2) is 22.3 Å². The molecule has 0 atom stereocenters. The number of benzene rings is 1. The quantitative estimate of drug-likeness (QED) is 0.730. The van der Waals surface area contributed by atoms with E-state index in [-0.39, 0.29) is 11.0 Å². The molecule has 10 heteroatoms. The molecule has 21 heavy (non-hydrogen) atoms. The number of nitrogens with zero attached hydrogens (tertiary/aromatic N) is 1. The van der Waals surface area contributed by atoms with E-state index < -0.39 is 32.3 Å². The van der Waals surface area contributed by atoms with Crippen molar-refractivity contribution in [3.05, 3.63) is 45.9 Å².